The molecule has 0 nitrogen and oxygen atoms in total. The van der Waals surface area contributed by atoms with Gasteiger partial charge >= 0.3 is 0 Å². The number of benzene rings is 2. The van der Waals surface area contributed by atoms with Crippen LogP contribution in [0.5, 0.6) is 0 Å². The molecule has 0 radical (unpaired) electrons. The third-order valence-corrected chi connectivity index (χ3v) is 5.94. The number of aryl methyl sites for hydroxylation is 1. The van der Waals surface area contributed by atoms with Gasteiger partial charge in [-0.2, -0.15) is 0 Å². The summed E-state index contributed by atoms with van der Waals surface area (Å²) in [5.41, 5.74) is 12.4. The van der Waals surface area contributed by atoms with Gasteiger partial charge in [-0.1, -0.05) is 69.2 Å². The fraction of sp³-hybridized carbons (Fsp3) is 0.440. The first-order chi connectivity index (χ1) is 11.9. The fourth-order valence-corrected chi connectivity index (χ4v) is 4.55. The quantitative estimate of drug-likeness (QED) is 0.500. The second-order valence-corrected chi connectivity index (χ2v) is 9.01. The van der Waals surface area contributed by atoms with Crippen LogP contribution in [0.1, 0.15) is 74.8 Å². The van der Waals surface area contributed by atoms with E-state index in [9.17, 15) is 0 Å². The van der Waals surface area contributed by atoms with Gasteiger partial charge in [0.2, 0.25) is 0 Å². The Labute approximate surface area is 153 Å². The summed E-state index contributed by atoms with van der Waals surface area (Å²) < 4.78 is 0. The van der Waals surface area contributed by atoms with E-state index in [2.05, 4.69) is 64.1 Å². The number of allylic oxidation sites excluding steroid dienone is 1. The van der Waals surface area contributed by atoms with Gasteiger partial charge in [-0.05, 0) is 83.4 Å². The summed E-state index contributed by atoms with van der Waals surface area (Å²) in [5.74, 6) is 0. The van der Waals surface area contributed by atoms with Crippen molar-refractivity contribution in [3.05, 3.63) is 63.7 Å². The molecular weight excluding hydrogens is 300 g/mol. The minimum atomic E-state index is 0.215. The van der Waals surface area contributed by atoms with Crippen LogP contribution in [0.2, 0.25) is 0 Å². The monoisotopic (exact) mass is 330 g/mol. The summed E-state index contributed by atoms with van der Waals surface area (Å²) in [6, 6.07) is 11.9. The molecule has 2 aliphatic rings. The van der Waals surface area contributed by atoms with E-state index >= 15 is 0 Å². The predicted molar refractivity (Wildman–Crippen MR) is 109 cm³/mol. The first kappa shape index (κ1) is 16.6. The maximum Gasteiger partial charge on any atom is -0.00543 e. The molecule has 0 heteroatoms. The molecular formula is C25H30. The first-order valence-corrected chi connectivity index (χ1v) is 9.89. The molecule has 0 spiro atoms. The van der Waals surface area contributed by atoms with Gasteiger partial charge in [-0.3, -0.25) is 0 Å². The SMILES string of the molecule is CC1=Cc2cc3c(c(-c4ccc(C(C)(C)C)cc4)c2C1)CCCCC3. The van der Waals surface area contributed by atoms with E-state index in [1.165, 1.54) is 54.4 Å². The predicted octanol–water partition coefficient (Wildman–Crippen LogP) is 6.88. The Balaban J connectivity index is 1.88. The molecule has 0 N–H and O–H groups in total. The number of fused-ring (bicyclic) bond motifs is 2. The summed E-state index contributed by atoms with van der Waals surface area (Å²) in [7, 11) is 0. The van der Waals surface area contributed by atoms with Gasteiger partial charge in [-0.15, -0.1) is 0 Å². The molecule has 0 amide bonds. The standard InChI is InChI=1S/C25H30/c1-17-14-20-16-19-8-6-5-7-9-22(19)24(23(20)15-17)18-10-12-21(13-11-18)25(2,3)4/h10-14,16H,5-9,15H2,1-4H3. The van der Waals surface area contributed by atoms with Crippen molar-refractivity contribution >= 4 is 6.08 Å². The molecule has 0 unspecified atom stereocenters. The molecule has 0 saturated heterocycles. The molecule has 0 aliphatic heterocycles. The van der Waals surface area contributed by atoms with Gasteiger partial charge in [0.1, 0.15) is 0 Å². The Kier molecular flexibility index (Phi) is 4.10. The Morgan fingerprint density at radius 3 is 2.28 bits per heavy atom. The van der Waals surface area contributed by atoms with Crippen LogP contribution in [-0.2, 0) is 24.7 Å². The molecule has 0 bridgehead atoms. The van der Waals surface area contributed by atoms with E-state index in [1.807, 2.05) is 0 Å². The minimum absolute atomic E-state index is 0.215. The molecule has 0 aromatic heterocycles. The summed E-state index contributed by atoms with van der Waals surface area (Å²) in [6.07, 6.45) is 10.1. The van der Waals surface area contributed by atoms with Crippen molar-refractivity contribution in [3.8, 4) is 11.1 Å². The van der Waals surface area contributed by atoms with Crippen molar-refractivity contribution < 1.29 is 0 Å². The van der Waals surface area contributed by atoms with Crippen LogP contribution in [0, 0.1) is 0 Å². The molecule has 0 atom stereocenters. The Bertz CT molecular complexity index is 826. The molecule has 0 saturated carbocycles. The first-order valence-electron chi connectivity index (χ1n) is 9.89. The number of hydrogen-bond acceptors (Lipinski definition) is 0. The van der Waals surface area contributed by atoms with Crippen LogP contribution in [0.3, 0.4) is 0 Å². The van der Waals surface area contributed by atoms with Crippen LogP contribution in [0.15, 0.2) is 35.9 Å². The zero-order chi connectivity index (χ0) is 17.6. The van der Waals surface area contributed by atoms with E-state index in [0.29, 0.717) is 0 Å². The van der Waals surface area contributed by atoms with Crippen LogP contribution in [0.4, 0.5) is 0 Å². The molecule has 2 aromatic rings. The van der Waals surface area contributed by atoms with Gasteiger partial charge in [0.05, 0.1) is 0 Å². The highest BCUT2D eigenvalue weighted by atomic mass is 14.3. The van der Waals surface area contributed by atoms with Crippen LogP contribution in [-0.4, -0.2) is 0 Å². The topological polar surface area (TPSA) is 0 Å². The second-order valence-electron chi connectivity index (χ2n) is 9.01. The maximum absolute atomic E-state index is 2.50. The average Bonchev–Trinajstić information content (AvgIpc) is 2.77. The lowest BCUT2D eigenvalue weighted by molar-refractivity contribution is 0.590. The fourth-order valence-electron chi connectivity index (χ4n) is 4.55. The highest BCUT2D eigenvalue weighted by Crippen LogP contribution is 2.41. The molecule has 130 valence electrons. The average molecular weight is 331 g/mol. The number of hydrogen-bond donors (Lipinski definition) is 0. The van der Waals surface area contributed by atoms with Crippen LogP contribution < -0.4 is 0 Å². The van der Waals surface area contributed by atoms with Gasteiger partial charge in [0, 0.05) is 0 Å². The largest absolute Gasteiger partial charge is 0.0683 e. The van der Waals surface area contributed by atoms with Crippen LogP contribution in [0.25, 0.3) is 17.2 Å². The van der Waals surface area contributed by atoms with Gasteiger partial charge in [0.25, 0.3) is 0 Å². The third kappa shape index (κ3) is 3.08. The molecule has 4 rings (SSSR count). The Morgan fingerprint density at radius 2 is 1.56 bits per heavy atom. The highest BCUT2D eigenvalue weighted by molar-refractivity contribution is 5.81. The van der Waals surface area contributed by atoms with Gasteiger partial charge < -0.3 is 0 Å². The molecule has 0 heterocycles. The lowest BCUT2D eigenvalue weighted by Gasteiger charge is -2.21. The van der Waals surface area contributed by atoms with Crippen molar-refractivity contribution in [1.82, 2.24) is 0 Å². The summed E-state index contributed by atoms with van der Waals surface area (Å²) in [4.78, 5) is 0. The number of rotatable bonds is 1. The zero-order valence-electron chi connectivity index (χ0n) is 16.2. The molecule has 25 heavy (non-hydrogen) atoms. The van der Waals surface area contributed by atoms with Crippen LogP contribution >= 0.6 is 0 Å². The van der Waals surface area contributed by atoms with E-state index in [0.717, 1.165) is 6.42 Å². The smallest absolute Gasteiger partial charge is 0.00543 e. The van der Waals surface area contributed by atoms with E-state index in [-0.39, 0.29) is 5.41 Å². The molecule has 2 aliphatic carbocycles. The van der Waals surface area contributed by atoms with E-state index < -0.39 is 0 Å². The highest BCUT2D eigenvalue weighted by Gasteiger charge is 2.23. The molecule has 0 fully saturated rings. The van der Waals surface area contributed by atoms with Crippen molar-refractivity contribution in [2.75, 3.05) is 0 Å². The Morgan fingerprint density at radius 1 is 0.840 bits per heavy atom. The van der Waals surface area contributed by atoms with Crippen molar-refractivity contribution in [1.29, 1.82) is 0 Å². The summed E-state index contributed by atoms with van der Waals surface area (Å²) >= 11 is 0. The van der Waals surface area contributed by atoms with Crippen molar-refractivity contribution in [2.45, 2.75) is 71.6 Å². The van der Waals surface area contributed by atoms with Gasteiger partial charge in [-0.25, -0.2) is 0 Å². The van der Waals surface area contributed by atoms with Crippen molar-refractivity contribution in [3.63, 3.8) is 0 Å². The van der Waals surface area contributed by atoms with E-state index in [4.69, 9.17) is 0 Å². The summed E-state index contributed by atoms with van der Waals surface area (Å²) in [6.45, 7) is 9.16. The second kappa shape index (κ2) is 6.16. The molecule has 2 aromatic carbocycles. The minimum Gasteiger partial charge on any atom is -0.0683 e. The van der Waals surface area contributed by atoms with Gasteiger partial charge in [0.15, 0.2) is 0 Å². The third-order valence-electron chi connectivity index (χ3n) is 5.94. The van der Waals surface area contributed by atoms with Crippen molar-refractivity contribution in [2.24, 2.45) is 0 Å². The Hall–Kier alpha value is -1.82. The summed E-state index contributed by atoms with van der Waals surface area (Å²) in [5, 5.41) is 0. The maximum atomic E-state index is 2.50. The van der Waals surface area contributed by atoms with E-state index in [1.54, 1.807) is 22.3 Å². The zero-order valence-corrected chi connectivity index (χ0v) is 16.2. The normalized spacial score (nSPS) is 16.9. The lowest BCUT2D eigenvalue weighted by atomic mass is 9.83. The lowest BCUT2D eigenvalue weighted by Crippen LogP contribution is -2.10.